The number of nitrogens with zero attached hydrogens (tertiary/aromatic N) is 2. The topological polar surface area (TPSA) is 110 Å². The van der Waals surface area contributed by atoms with Crippen LogP contribution in [0.5, 0.6) is 0 Å². The molecule has 1 heterocycles. The standard InChI is InChI=1S/C12H12N2O5S/c1-2-8-3-4-9(12(15)16)5-10(8)20(17,18)6-11-13-7-19-14-11/h3-5,7H,2,6H2,1H3,(H,15,16). The molecule has 0 amide bonds. The van der Waals surface area contributed by atoms with E-state index in [2.05, 4.69) is 14.7 Å². The largest absolute Gasteiger partial charge is 0.478 e. The second kappa shape index (κ2) is 5.41. The van der Waals surface area contributed by atoms with Crippen LogP contribution in [0, 0.1) is 0 Å². The van der Waals surface area contributed by atoms with E-state index in [0.29, 0.717) is 12.0 Å². The molecule has 0 saturated heterocycles. The zero-order valence-corrected chi connectivity index (χ0v) is 11.4. The molecule has 1 aromatic heterocycles. The van der Waals surface area contributed by atoms with E-state index in [1.165, 1.54) is 12.1 Å². The van der Waals surface area contributed by atoms with Crippen molar-refractivity contribution >= 4 is 15.8 Å². The van der Waals surface area contributed by atoms with Crippen molar-refractivity contribution in [2.24, 2.45) is 0 Å². The monoisotopic (exact) mass is 296 g/mol. The van der Waals surface area contributed by atoms with Gasteiger partial charge in [0.15, 0.2) is 15.7 Å². The summed E-state index contributed by atoms with van der Waals surface area (Å²) in [5.41, 5.74) is 0.479. The Morgan fingerprint density at radius 2 is 2.15 bits per heavy atom. The van der Waals surface area contributed by atoms with Gasteiger partial charge in [0.2, 0.25) is 6.39 Å². The van der Waals surface area contributed by atoms with E-state index < -0.39 is 21.6 Å². The fourth-order valence-electron chi connectivity index (χ4n) is 1.77. The van der Waals surface area contributed by atoms with Gasteiger partial charge in [-0.05, 0) is 24.1 Å². The van der Waals surface area contributed by atoms with Gasteiger partial charge < -0.3 is 9.63 Å². The number of hydrogen-bond donors (Lipinski definition) is 1. The molecule has 0 spiro atoms. The van der Waals surface area contributed by atoms with Crippen molar-refractivity contribution in [2.75, 3.05) is 0 Å². The second-order valence-electron chi connectivity index (χ2n) is 4.09. The summed E-state index contributed by atoms with van der Waals surface area (Å²) in [4.78, 5) is 14.6. The zero-order chi connectivity index (χ0) is 14.8. The van der Waals surface area contributed by atoms with E-state index in [0.717, 1.165) is 12.5 Å². The van der Waals surface area contributed by atoms with Crippen molar-refractivity contribution < 1.29 is 22.8 Å². The van der Waals surface area contributed by atoms with Gasteiger partial charge in [0, 0.05) is 0 Å². The van der Waals surface area contributed by atoms with Crippen LogP contribution in [0.4, 0.5) is 0 Å². The number of carboxylic acid groups (broad SMARTS) is 1. The van der Waals surface area contributed by atoms with Crippen molar-refractivity contribution in [1.29, 1.82) is 0 Å². The SMILES string of the molecule is CCc1ccc(C(=O)O)cc1S(=O)(=O)Cc1ncon1. The molecule has 20 heavy (non-hydrogen) atoms. The van der Waals surface area contributed by atoms with Crippen LogP contribution < -0.4 is 0 Å². The van der Waals surface area contributed by atoms with Gasteiger partial charge in [-0.25, -0.2) is 13.2 Å². The number of aromatic carboxylic acids is 1. The van der Waals surface area contributed by atoms with E-state index in [4.69, 9.17) is 5.11 Å². The Balaban J connectivity index is 2.48. The molecule has 0 radical (unpaired) electrons. The number of rotatable bonds is 5. The maximum atomic E-state index is 12.3. The van der Waals surface area contributed by atoms with Crippen LogP contribution in [0.3, 0.4) is 0 Å². The molecule has 1 N–H and O–H groups in total. The van der Waals surface area contributed by atoms with E-state index in [9.17, 15) is 13.2 Å². The van der Waals surface area contributed by atoms with E-state index in [-0.39, 0.29) is 16.3 Å². The third-order valence-corrected chi connectivity index (χ3v) is 4.44. The molecule has 1 aromatic carbocycles. The van der Waals surface area contributed by atoms with Crippen LogP contribution in [-0.2, 0) is 22.0 Å². The summed E-state index contributed by atoms with van der Waals surface area (Å²) in [5, 5.41) is 12.4. The van der Waals surface area contributed by atoms with Crippen molar-refractivity contribution in [3.8, 4) is 0 Å². The first-order chi connectivity index (χ1) is 9.44. The molecule has 106 valence electrons. The lowest BCUT2D eigenvalue weighted by Crippen LogP contribution is -2.10. The van der Waals surface area contributed by atoms with Crippen molar-refractivity contribution in [3.63, 3.8) is 0 Å². The fraction of sp³-hybridized carbons (Fsp3) is 0.250. The van der Waals surface area contributed by atoms with Crippen LogP contribution in [-0.4, -0.2) is 29.6 Å². The Labute approximate surface area is 115 Å². The molecule has 0 aliphatic heterocycles. The average molecular weight is 296 g/mol. The van der Waals surface area contributed by atoms with Crippen LogP contribution in [0.1, 0.15) is 28.7 Å². The summed E-state index contributed by atoms with van der Waals surface area (Å²) in [6, 6.07) is 4.05. The Hall–Kier alpha value is -2.22. The summed E-state index contributed by atoms with van der Waals surface area (Å²) in [7, 11) is -3.73. The fourth-order valence-corrected chi connectivity index (χ4v) is 3.31. The van der Waals surface area contributed by atoms with Gasteiger partial charge in [-0.15, -0.1) is 0 Å². The van der Waals surface area contributed by atoms with Gasteiger partial charge in [-0.3, -0.25) is 0 Å². The average Bonchev–Trinajstić information content (AvgIpc) is 2.90. The van der Waals surface area contributed by atoms with Gasteiger partial charge in [0.1, 0.15) is 5.75 Å². The van der Waals surface area contributed by atoms with Gasteiger partial charge in [-0.2, -0.15) is 4.98 Å². The van der Waals surface area contributed by atoms with Gasteiger partial charge in [0.25, 0.3) is 0 Å². The number of carboxylic acids is 1. The summed E-state index contributed by atoms with van der Waals surface area (Å²) in [6.07, 6.45) is 1.51. The smallest absolute Gasteiger partial charge is 0.335 e. The molecule has 7 nitrogen and oxygen atoms in total. The minimum atomic E-state index is -3.73. The predicted molar refractivity (Wildman–Crippen MR) is 68.0 cm³/mol. The molecule has 0 atom stereocenters. The molecule has 8 heteroatoms. The van der Waals surface area contributed by atoms with Gasteiger partial charge in [-0.1, -0.05) is 18.1 Å². The van der Waals surface area contributed by atoms with Crippen molar-refractivity contribution in [2.45, 2.75) is 24.0 Å². The number of carbonyl (C=O) groups is 1. The molecule has 0 aliphatic rings. The van der Waals surface area contributed by atoms with E-state index in [1.54, 1.807) is 6.92 Å². The number of benzene rings is 1. The summed E-state index contributed by atoms with van der Waals surface area (Å²) >= 11 is 0. The molecular formula is C12H12N2O5S. The maximum absolute atomic E-state index is 12.3. The lowest BCUT2D eigenvalue weighted by Gasteiger charge is -2.09. The Morgan fingerprint density at radius 1 is 1.40 bits per heavy atom. The molecule has 0 bridgehead atoms. The summed E-state index contributed by atoms with van der Waals surface area (Å²) in [6.45, 7) is 1.79. The first kappa shape index (κ1) is 14.2. The molecule has 0 fully saturated rings. The Morgan fingerprint density at radius 3 is 2.70 bits per heavy atom. The van der Waals surface area contributed by atoms with Crippen LogP contribution in [0.25, 0.3) is 0 Å². The lowest BCUT2D eigenvalue weighted by atomic mass is 10.1. The number of sulfone groups is 1. The Bertz CT molecular complexity index is 722. The molecule has 2 aromatic rings. The number of hydrogen-bond acceptors (Lipinski definition) is 6. The van der Waals surface area contributed by atoms with E-state index >= 15 is 0 Å². The highest BCUT2D eigenvalue weighted by Crippen LogP contribution is 2.22. The predicted octanol–water partition coefficient (Wildman–Crippen LogP) is 1.30. The summed E-state index contributed by atoms with van der Waals surface area (Å²) < 4.78 is 29.2. The normalized spacial score (nSPS) is 11.4. The molecular weight excluding hydrogens is 284 g/mol. The minimum absolute atomic E-state index is 0.00954. The zero-order valence-electron chi connectivity index (χ0n) is 10.6. The van der Waals surface area contributed by atoms with Crippen molar-refractivity contribution in [3.05, 3.63) is 41.5 Å². The molecule has 0 aliphatic carbocycles. The van der Waals surface area contributed by atoms with Crippen molar-refractivity contribution in [1.82, 2.24) is 10.1 Å². The second-order valence-corrected chi connectivity index (χ2v) is 6.05. The highest BCUT2D eigenvalue weighted by Gasteiger charge is 2.22. The maximum Gasteiger partial charge on any atom is 0.335 e. The molecule has 2 rings (SSSR count). The first-order valence-electron chi connectivity index (χ1n) is 5.78. The minimum Gasteiger partial charge on any atom is -0.478 e. The summed E-state index contributed by atoms with van der Waals surface area (Å²) in [5.74, 6) is -1.57. The van der Waals surface area contributed by atoms with E-state index in [1.807, 2.05) is 0 Å². The molecule has 0 saturated carbocycles. The van der Waals surface area contributed by atoms with Crippen LogP contribution in [0.15, 0.2) is 34.0 Å². The highest BCUT2D eigenvalue weighted by molar-refractivity contribution is 7.90. The highest BCUT2D eigenvalue weighted by atomic mass is 32.2. The van der Waals surface area contributed by atoms with Crippen LogP contribution >= 0.6 is 0 Å². The number of aryl methyl sites for hydroxylation is 1. The molecule has 0 unspecified atom stereocenters. The van der Waals surface area contributed by atoms with Gasteiger partial charge in [0.05, 0.1) is 10.5 Å². The first-order valence-corrected chi connectivity index (χ1v) is 7.43. The third kappa shape index (κ3) is 2.85. The lowest BCUT2D eigenvalue weighted by molar-refractivity contribution is 0.0696. The number of aromatic nitrogens is 2. The van der Waals surface area contributed by atoms with Gasteiger partial charge >= 0.3 is 5.97 Å². The van der Waals surface area contributed by atoms with Crippen LogP contribution in [0.2, 0.25) is 0 Å². The quantitative estimate of drug-likeness (QED) is 0.885. The Kier molecular flexibility index (Phi) is 3.84. The third-order valence-electron chi connectivity index (χ3n) is 2.76.